The van der Waals surface area contributed by atoms with Crippen molar-refractivity contribution < 1.29 is 28.6 Å². The summed E-state index contributed by atoms with van der Waals surface area (Å²) >= 11 is 0. The number of carbonyl (C=O) groups excluding carboxylic acids is 3. The molecule has 0 N–H and O–H groups in total. The molecule has 0 aromatic rings. The first kappa shape index (κ1) is 65.8. The van der Waals surface area contributed by atoms with Gasteiger partial charge in [-0.15, -0.1) is 0 Å². The summed E-state index contributed by atoms with van der Waals surface area (Å²) in [6.45, 7) is 6.48. The van der Waals surface area contributed by atoms with E-state index in [9.17, 15) is 14.4 Å². The largest absolute Gasteiger partial charge is 0.462 e. The standard InChI is InChI=1S/C63H110O6/c1-4-7-10-13-16-19-22-25-28-30-31-33-35-38-41-44-47-50-53-56-62(65)68-59-60(58-67-61(64)55-52-49-46-43-40-37-34-27-24-21-18-15-12-9-6-3)69-63(66)57-54-51-48-45-42-39-36-32-29-26-23-20-17-14-11-8-5-2/h9,12,15,17-18,20-21,24,26-27,29,34,60H,4-8,10-11,13-14,16,19,22-23,25,28,30-33,35-59H2,1-3H3/b12-9-,18-15-,20-17-,24-21-,29-26-,34-27-. The minimum atomic E-state index is -0.789. The summed E-state index contributed by atoms with van der Waals surface area (Å²) in [5, 5.41) is 0. The van der Waals surface area contributed by atoms with Gasteiger partial charge in [0.25, 0.3) is 0 Å². The molecule has 0 heterocycles. The molecule has 0 rings (SSSR count). The molecule has 0 aliphatic heterocycles. The number of allylic oxidation sites excluding steroid dienone is 12. The third kappa shape index (κ3) is 55.6. The lowest BCUT2D eigenvalue weighted by atomic mass is 10.0. The Morgan fingerprint density at radius 3 is 1.03 bits per heavy atom. The van der Waals surface area contributed by atoms with Crippen molar-refractivity contribution in [3.05, 3.63) is 72.9 Å². The Morgan fingerprint density at radius 2 is 0.623 bits per heavy atom. The van der Waals surface area contributed by atoms with Gasteiger partial charge in [-0.1, -0.05) is 273 Å². The van der Waals surface area contributed by atoms with Gasteiger partial charge in [-0.3, -0.25) is 14.4 Å². The molecule has 6 nitrogen and oxygen atoms in total. The van der Waals surface area contributed by atoms with Crippen molar-refractivity contribution in [2.45, 2.75) is 297 Å². The first-order valence-electron chi connectivity index (χ1n) is 29.5. The Bertz CT molecular complexity index is 1290. The summed E-state index contributed by atoms with van der Waals surface area (Å²) in [5.41, 5.74) is 0. The van der Waals surface area contributed by atoms with Crippen molar-refractivity contribution in [2.24, 2.45) is 0 Å². The highest BCUT2D eigenvalue weighted by Crippen LogP contribution is 2.16. The highest BCUT2D eigenvalue weighted by Gasteiger charge is 2.19. The number of esters is 3. The van der Waals surface area contributed by atoms with Crippen LogP contribution < -0.4 is 0 Å². The van der Waals surface area contributed by atoms with Gasteiger partial charge in [0.05, 0.1) is 0 Å². The van der Waals surface area contributed by atoms with E-state index >= 15 is 0 Å². The molecule has 0 aliphatic rings. The zero-order valence-corrected chi connectivity index (χ0v) is 45.6. The summed E-state index contributed by atoms with van der Waals surface area (Å²) in [7, 11) is 0. The van der Waals surface area contributed by atoms with E-state index in [4.69, 9.17) is 14.2 Å². The van der Waals surface area contributed by atoms with Crippen molar-refractivity contribution in [3.63, 3.8) is 0 Å². The van der Waals surface area contributed by atoms with Crippen LogP contribution in [-0.2, 0) is 28.6 Å². The van der Waals surface area contributed by atoms with Crippen LogP contribution in [-0.4, -0.2) is 37.2 Å². The Hall–Kier alpha value is -3.15. The van der Waals surface area contributed by atoms with Crippen molar-refractivity contribution in [1.29, 1.82) is 0 Å². The topological polar surface area (TPSA) is 78.9 Å². The zero-order chi connectivity index (χ0) is 50.0. The van der Waals surface area contributed by atoms with Gasteiger partial charge < -0.3 is 14.2 Å². The van der Waals surface area contributed by atoms with Crippen LogP contribution in [0.15, 0.2) is 72.9 Å². The smallest absolute Gasteiger partial charge is 0.306 e. The molecule has 0 fully saturated rings. The first-order valence-corrected chi connectivity index (χ1v) is 29.5. The molecule has 0 spiro atoms. The lowest BCUT2D eigenvalue weighted by molar-refractivity contribution is -0.167. The Labute approximate surface area is 427 Å². The quantitative estimate of drug-likeness (QED) is 0.0199. The van der Waals surface area contributed by atoms with Crippen LogP contribution >= 0.6 is 0 Å². The lowest BCUT2D eigenvalue weighted by Crippen LogP contribution is -2.30. The summed E-state index contributed by atoms with van der Waals surface area (Å²) in [4.78, 5) is 38.2. The van der Waals surface area contributed by atoms with Crippen LogP contribution in [0.3, 0.4) is 0 Å². The van der Waals surface area contributed by atoms with Gasteiger partial charge in [0.1, 0.15) is 13.2 Å². The van der Waals surface area contributed by atoms with E-state index in [2.05, 4.69) is 75.5 Å². The second-order valence-corrected chi connectivity index (χ2v) is 19.6. The van der Waals surface area contributed by atoms with E-state index in [0.29, 0.717) is 19.3 Å². The fourth-order valence-electron chi connectivity index (χ4n) is 8.37. The highest BCUT2D eigenvalue weighted by atomic mass is 16.6. The van der Waals surface area contributed by atoms with Crippen LogP contribution in [0.1, 0.15) is 290 Å². The number of unbranched alkanes of at least 4 members (excludes halogenated alkanes) is 33. The van der Waals surface area contributed by atoms with Gasteiger partial charge in [0.15, 0.2) is 6.10 Å². The Morgan fingerprint density at radius 1 is 0.319 bits per heavy atom. The van der Waals surface area contributed by atoms with Gasteiger partial charge in [0.2, 0.25) is 0 Å². The third-order valence-corrected chi connectivity index (χ3v) is 12.8. The van der Waals surface area contributed by atoms with Crippen molar-refractivity contribution in [3.8, 4) is 0 Å². The number of hydrogen-bond donors (Lipinski definition) is 0. The average Bonchev–Trinajstić information content (AvgIpc) is 3.35. The molecule has 398 valence electrons. The minimum absolute atomic E-state index is 0.0842. The SMILES string of the molecule is CC\C=C/C=C\C=C/C=C\CCCCCCCC(=O)OCC(COC(=O)CCCCCCCCCCCCCCCCCCCCC)OC(=O)CCCCCCCCC/C=C\C/C=C\CCCCC. The highest BCUT2D eigenvalue weighted by molar-refractivity contribution is 5.71. The Kier molecular flexibility index (Phi) is 54.8. The van der Waals surface area contributed by atoms with Gasteiger partial charge in [-0.25, -0.2) is 0 Å². The maximum atomic E-state index is 12.9. The molecule has 1 atom stereocenters. The van der Waals surface area contributed by atoms with Gasteiger partial charge >= 0.3 is 17.9 Å². The Balaban J connectivity index is 4.39. The summed E-state index contributed by atoms with van der Waals surface area (Å²) < 4.78 is 16.9. The van der Waals surface area contributed by atoms with E-state index in [-0.39, 0.29) is 31.1 Å². The molecule has 6 heteroatoms. The summed E-state index contributed by atoms with van der Waals surface area (Å²) in [6, 6.07) is 0. The molecule has 0 aliphatic carbocycles. The molecule has 0 aromatic carbocycles. The van der Waals surface area contributed by atoms with Crippen LogP contribution in [0, 0.1) is 0 Å². The maximum absolute atomic E-state index is 12.9. The molecule has 0 saturated heterocycles. The predicted octanol–water partition coefficient (Wildman–Crippen LogP) is 19.8. The van der Waals surface area contributed by atoms with E-state index in [0.717, 1.165) is 96.3 Å². The molecule has 0 bridgehead atoms. The molecular weight excluding hydrogens is 853 g/mol. The predicted molar refractivity (Wildman–Crippen MR) is 298 cm³/mol. The van der Waals surface area contributed by atoms with Gasteiger partial charge in [-0.2, -0.15) is 0 Å². The number of hydrogen-bond acceptors (Lipinski definition) is 6. The first-order chi connectivity index (χ1) is 34.0. The second kappa shape index (κ2) is 57.4. The molecule has 0 radical (unpaired) electrons. The molecule has 1 unspecified atom stereocenters. The molecule has 0 amide bonds. The second-order valence-electron chi connectivity index (χ2n) is 19.6. The van der Waals surface area contributed by atoms with Gasteiger partial charge in [0, 0.05) is 19.3 Å². The number of carbonyl (C=O) groups is 3. The fraction of sp³-hybridized carbons (Fsp3) is 0.762. The minimum Gasteiger partial charge on any atom is -0.462 e. The van der Waals surface area contributed by atoms with Crippen molar-refractivity contribution in [1.82, 2.24) is 0 Å². The number of ether oxygens (including phenoxy) is 3. The summed E-state index contributed by atoms with van der Waals surface area (Å²) in [5.74, 6) is -0.905. The third-order valence-electron chi connectivity index (χ3n) is 12.8. The average molecular weight is 964 g/mol. The normalized spacial score (nSPS) is 12.6. The molecular formula is C63H110O6. The molecule has 69 heavy (non-hydrogen) atoms. The molecule has 0 aromatic heterocycles. The fourth-order valence-corrected chi connectivity index (χ4v) is 8.37. The van der Waals surface area contributed by atoms with Crippen LogP contribution in [0.25, 0.3) is 0 Å². The maximum Gasteiger partial charge on any atom is 0.306 e. The lowest BCUT2D eigenvalue weighted by Gasteiger charge is -2.18. The molecule has 0 saturated carbocycles. The van der Waals surface area contributed by atoms with Crippen LogP contribution in [0.5, 0.6) is 0 Å². The monoisotopic (exact) mass is 963 g/mol. The van der Waals surface area contributed by atoms with E-state index in [1.54, 1.807) is 0 Å². The van der Waals surface area contributed by atoms with Crippen LogP contribution in [0.2, 0.25) is 0 Å². The van der Waals surface area contributed by atoms with Gasteiger partial charge in [-0.05, 0) is 70.6 Å². The number of rotatable bonds is 53. The van der Waals surface area contributed by atoms with E-state index in [1.165, 1.54) is 154 Å². The van der Waals surface area contributed by atoms with E-state index in [1.807, 2.05) is 18.2 Å². The van der Waals surface area contributed by atoms with Crippen molar-refractivity contribution >= 4 is 17.9 Å². The van der Waals surface area contributed by atoms with Crippen LogP contribution in [0.4, 0.5) is 0 Å². The van der Waals surface area contributed by atoms with Crippen molar-refractivity contribution in [2.75, 3.05) is 13.2 Å². The summed E-state index contributed by atoms with van der Waals surface area (Å²) in [6.07, 6.45) is 73.2. The van der Waals surface area contributed by atoms with E-state index < -0.39 is 6.10 Å². The zero-order valence-electron chi connectivity index (χ0n) is 45.6.